The second kappa shape index (κ2) is 7.16. The summed E-state index contributed by atoms with van der Waals surface area (Å²) in [6.07, 6.45) is -0.00242. The number of rotatable bonds is 5. The third-order valence-electron chi connectivity index (χ3n) is 4.42. The molecule has 0 radical (unpaired) electrons. The van der Waals surface area contributed by atoms with Gasteiger partial charge in [-0.25, -0.2) is 12.7 Å². The first-order valence-electron chi connectivity index (χ1n) is 8.67. The van der Waals surface area contributed by atoms with E-state index >= 15 is 0 Å². The molecule has 0 spiro atoms. The highest BCUT2D eigenvalue weighted by Gasteiger charge is 2.40. The molecule has 0 aromatic heterocycles. The van der Waals surface area contributed by atoms with Crippen LogP contribution in [0.1, 0.15) is 15.9 Å². The van der Waals surface area contributed by atoms with E-state index in [1.165, 1.54) is 12.1 Å². The quantitative estimate of drug-likeness (QED) is 0.696. The molecule has 0 fully saturated rings. The maximum Gasteiger partial charge on any atom is 0.310 e. The molecule has 0 atom stereocenters. The van der Waals surface area contributed by atoms with Crippen molar-refractivity contribution < 1.29 is 32.2 Å². The normalized spacial score (nSPS) is 16.6. The lowest BCUT2D eigenvalue weighted by atomic mass is 10.1. The van der Waals surface area contributed by atoms with Gasteiger partial charge in [-0.05, 0) is 29.8 Å². The minimum Gasteiger partial charge on any atom is -0.486 e. The van der Waals surface area contributed by atoms with Crippen LogP contribution in [-0.4, -0.2) is 51.0 Å². The molecule has 1 amide bonds. The molecule has 0 saturated carbocycles. The van der Waals surface area contributed by atoms with Crippen molar-refractivity contribution in [2.24, 2.45) is 0 Å². The van der Waals surface area contributed by atoms with Crippen molar-refractivity contribution in [3.8, 4) is 11.5 Å². The van der Waals surface area contributed by atoms with Crippen LogP contribution >= 0.6 is 0 Å². The van der Waals surface area contributed by atoms with Crippen LogP contribution < -0.4 is 9.47 Å². The third-order valence-corrected chi connectivity index (χ3v) is 6.26. The number of fused-ring (bicyclic) bond motifs is 2. The molecule has 4 rings (SSSR count). The lowest BCUT2D eigenvalue weighted by Gasteiger charge is -2.18. The average molecular weight is 403 g/mol. The fraction of sp³-hybridized carbons (Fsp3) is 0.263. The van der Waals surface area contributed by atoms with Gasteiger partial charge in [-0.15, -0.1) is 0 Å². The zero-order valence-corrected chi connectivity index (χ0v) is 15.6. The van der Waals surface area contributed by atoms with Gasteiger partial charge in [0, 0.05) is 0 Å². The van der Waals surface area contributed by atoms with Gasteiger partial charge >= 0.3 is 5.97 Å². The summed E-state index contributed by atoms with van der Waals surface area (Å²) in [7, 11) is -3.90. The number of amides is 1. The first-order valence-corrected chi connectivity index (χ1v) is 10.1. The molecular formula is C19H17NO7S. The average Bonchev–Trinajstić information content (AvgIpc) is 2.89. The number of hydrogen-bond donors (Lipinski definition) is 0. The van der Waals surface area contributed by atoms with E-state index in [0.717, 1.165) is 4.31 Å². The summed E-state index contributed by atoms with van der Waals surface area (Å²) in [4.78, 5) is 24.3. The van der Waals surface area contributed by atoms with Crippen molar-refractivity contribution in [1.82, 2.24) is 4.31 Å². The van der Waals surface area contributed by atoms with Gasteiger partial charge in [0.1, 0.15) is 24.7 Å². The molecule has 2 heterocycles. The summed E-state index contributed by atoms with van der Waals surface area (Å²) in [5.41, 5.74) is 0.816. The first kappa shape index (κ1) is 18.3. The van der Waals surface area contributed by atoms with Crippen LogP contribution in [0.15, 0.2) is 47.4 Å². The minimum absolute atomic E-state index is 0.00242. The zero-order chi connectivity index (χ0) is 19.7. The molecule has 0 saturated heterocycles. The SMILES string of the molecule is O=C(Cc1ccc2c(c1)OCCO2)OCCN1C(=O)c2ccccc2S1(=O)=O. The Morgan fingerprint density at radius 2 is 1.82 bits per heavy atom. The largest absolute Gasteiger partial charge is 0.486 e. The van der Waals surface area contributed by atoms with Crippen molar-refractivity contribution in [1.29, 1.82) is 0 Å². The predicted molar refractivity (Wildman–Crippen MR) is 96.8 cm³/mol. The molecule has 9 heteroatoms. The Balaban J connectivity index is 1.34. The van der Waals surface area contributed by atoms with E-state index in [1.807, 2.05) is 0 Å². The number of nitrogens with zero attached hydrogens (tertiary/aromatic N) is 1. The maximum atomic E-state index is 12.4. The van der Waals surface area contributed by atoms with Crippen molar-refractivity contribution in [2.45, 2.75) is 11.3 Å². The molecule has 0 unspecified atom stereocenters. The summed E-state index contributed by atoms with van der Waals surface area (Å²) in [5, 5.41) is 0. The van der Waals surface area contributed by atoms with Crippen molar-refractivity contribution >= 4 is 21.9 Å². The van der Waals surface area contributed by atoms with E-state index in [0.29, 0.717) is 30.3 Å². The second-order valence-electron chi connectivity index (χ2n) is 6.25. The van der Waals surface area contributed by atoms with E-state index in [1.54, 1.807) is 30.3 Å². The first-order chi connectivity index (χ1) is 13.5. The standard InChI is InChI=1S/C19H17NO7S/c21-18(12-13-5-6-15-16(11-13)26-10-9-25-15)27-8-7-20-19(22)14-3-1-2-4-17(14)28(20,23)24/h1-6,11H,7-10,12H2. The van der Waals surface area contributed by atoms with E-state index in [9.17, 15) is 18.0 Å². The highest BCUT2D eigenvalue weighted by molar-refractivity contribution is 7.90. The molecule has 8 nitrogen and oxygen atoms in total. The fourth-order valence-corrected chi connectivity index (χ4v) is 4.66. The van der Waals surface area contributed by atoms with Crippen LogP contribution in [0.25, 0.3) is 0 Å². The van der Waals surface area contributed by atoms with Gasteiger partial charge in [0.15, 0.2) is 11.5 Å². The van der Waals surface area contributed by atoms with Crippen molar-refractivity contribution in [3.05, 3.63) is 53.6 Å². The zero-order valence-electron chi connectivity index (χ0n) is 14.8. The second-order valence-corrected chi connectivity index (χ2v) is 8.08. The van der Waals surface area contributed by atoms with Crippen LogP contribution in [0.5, 0.6) is 11.5 Å². The van der Waals surface area contributed by atoms with E-state index in [4.69, 9.17) is 14.2 Å². The number of sulfonamides is 1. The lowest BCUT2D eigenvalue weighted by molar-refractivity contribution is -0.142. The Bertz CT molecular complexity index is 1050. The van der Waals surface area contributed by atoms with Gasteiger partial charge in [-0.3, -0.25) is 9.59 Å². The van der Waals surface area contributed by atoms with Crippen LogP contribution in [0.4, 0.5) is 0 Å². The Hall–Kier alpha value is -3.07. The van der Waals surface area contributed by atoms with Gasteiger partial charge in [-0.1, -0.05) is 18.2 Å². The summed E-state index contributed by atoms with van der Waals surface area (Å²) in [6.45, 7) is 0.475. The van der Waals surface area contributed by atoms with E-state index < -0.39 is 21.9 Å². The molecule has 2 aromatic rings. The number of ether oxygens (including phenoxy) is 3. The van der Waals surface area contributed by atoms with Crippen LogP contribution in [0.2, 0.25) is 0 Å². The molecule has 2 aliphatic rings. The van der Waals surface area contributed by atoms with Crippen molar-refractivity contribution in [2.75, 3.05) is 26.4 Å². The van der Waals surface area contributed by atoms with Gasteiger partial charge in [-0.2, -0.15) is 0 Å². The van der Waals surface area contributed by atoms with Crippen LogP contribution in [0.3, 0.4) is 0 Å². The van der Waals surface area contributed by atoms with Crippen LogP contribution in [-0.2, 0) is 26.0 Å². The summed E-state index contributed by atoms with van der Waals surface area (Å²) >= 11 is 0. The molecular weight excluding hydrogens is 386 g/mol. The predicted octanol–water partition coefficient (Wildman–Crippen LogP) is 1.39. The minimum atomic E-state index is -3.90. The Labute approximate surface area is 161 Å². The number of carbonyl (C=O) groups excluding carboxylic acids is 2. The molecule has 0 N–H and O–H groups in total. The van der Waals surface area contributed by atoms with Gasteiger partial charge in [0.2, 0.25) is 0 Å². The summed E-state index contributed by atoms with van der Waals surface area (Å²) in [5.74, 6) is 0.0560. The lowest BCUT2D eigenvalue weighted by Crippen LogP contribution is -2.33. The Morgan fingerprint density at radius 1 is 1.07 bits per heavy atom. The van der Waals surface area contributed by atoms with Crippen LogP contribution in [0, 0.1) is 0 Å². The summed E-state index contributed by atoms with van der Waals surface area (Å²) < 4.78 is 41.6. The van der Waals surface area contributed by atoms with Gasteiger partial charge < -0.3 is 14.2 Å². The van der Waals surface area contributed by atoms with E-state index in [-0.39, 0.29) is 30.0 Å². The summed E-state index contributed by atoms with van der Waals surface area (Å²) in [6, 6.07) is 11.2. The molecule has 0 bridgehead atoms. The van der Waals surface area contributed by atoms with Crippen molar-refractivity contribution in [3.63, 3.8) is 0 Å². The number of esters is 1. The number of hydrogen-bond acceptors (Lipinski definition) is 7. The highest BCUT2D eigenvalue weighted by atomic mass is 32.2. The molecule has 0 aliphatic carbocycles. The molecule has 28 heavy (non-hydrogen) atoms. The number of carbonyl (C=O) groups is 2. The molecule has 2 aromatic carbocycles. The molecule has 2 aliphatic heterocycles. The van der Waals surface area contributed by atoms with Gasteiger partial charge in [0.05, 0.1) is 18.5 Å². The Kier molecular flexibility index (Phi) is 4.68. The van der Waals surface area contributed by atoms with Gasteiger partial charge in [0.25, 0.3) is 15.9 Å². The highest BCUT2D eigenvalue weighted by Crippen LogP contribution is 2.31. The maximum absolute atomic E-state index is 12.4. The number of benzene rings is 2. The fourth-order valence-electron chi connectivity index (χ4n) is 3.11. The monoisotopic (exact) mass is 403 g/mol. The van der Waals surface area contributed by atoms with E-state index in [2.05, 4.69) is 0 Å². The molecule has 146 valence electrons. The topological polar surface area (TPSA) is 99.2 Å². The third kappa shape index (κ3) is 3.29. The Morgan fingerprint density at radius 3 is 2.61 bits per heavy atom. The smallest absolute Gasteiger partial charge is 0.310 e.